The van der Waals surface area contributed by atoms with Crippen molar-refractivity contribution in [3.8, 4) is 0 Å². The van der Waals surface area contributed by atoms with E-state index in [1.54, 1.807) is 6.92 Å². The van der Waals surface area contributed by atoms with E-state index < -0.39 is 6.10 Å². The van der Waals surface area contributed by atoms with E-state index in [4.69, 9.17) is 15.2 Å². The van der Waals surface area contributed by atoms with Gasteiger partial charge in [0.25, 0.3) is 0 Å². The predicted molar refractivity (Wildman–Crippen MR) is 75.8 cm³/mol. The van der Waals surface area contributed by atoms with Crippen molar-refractivity contribution in [2.24, 2.45) is 0 Å². The Morgan fingerprint density at radius 3 is 2.68 bits per heavy atom. The monoisotopic (exact) mass is 265 g/mol. The molecule has 0 radical (unpaired) electrons. The Balaban J connectivity index is 2.44. The summed E-state index contributed by atoms with van der Waals surface area (Å²) in [5, 5.41) is 0. The highest BCUT2D eigenvalue weighted by molar-refractivity contribution is 5.74. The second-order valence-electron chi connectivity index (χ2n) is 4.35. The third-order valence-electron chi connectivity index (χ3n) is 2.85. The van der Waals surface area contributed by atoms with Gasteiger partial charge >= 0.3 is 5.97 Å². The standard InChI is InChI=1S/C15H23NO3/c1-3-7-14(15(17)18-4-2)19-11-10-12-8-5-6-9-13(12)16/h5-6,8-9,14H,3-4,7,10-11,16H2,1-2H3. The Bertz CT molecular complexity index is 393. The molecule has 19 heavy (non-hydrogen) atoms. The molecule has 0 fully saturated rings. The van der Waals surface area contributed by atoms with Gasteiger partial charge in [-0.3, -0.25) is 0 Å². The van der Waals surface area contributed by atoms with E-state index in [2.05, 4.69) is 0 Å². The summed E-state index contributed by atoms with van der Waals surface area (Å²) in [4.78, 5) is 11.7. The molecule has 0 heterocycles. The molecular weight excluding hydrogens is 242 g/mol. The number of carbonyl (C=O) groups excluding carboxylic acids is 1. The van der Waals surface area contributed by atoms with Crippen LogP contribution in [-0.4, -0.2) is 25.3 Å². The molecule has 1 aromatic carbocycles. The molecule has 0 aliphatic rings. The van der Waals surface area contributed by atoms with E-state index in [1.807, 2.05) is 31.2 Å². The highest BCUT2D eigenvalue weighted by Crippen LogP contribution is 2.12. The van der Waals surface area contributed by atoms with Crippen LogP contribution in [-0.2, 0) is 20.7 Å². The molecule has 1 atom stereocenters. The SMILES string of the molecule is CCCC(OCCc1ccccc1N)C(=O)OCC. The molecule has 0 aliphatic heterocycles. The molecule has 4 heteroatoms. The van der Waals surface area contributed by atoms with E-state index in [0.29, 0.717) is 26.1 Å². The Morgan fingerprint density at radius 1 is 1.32 bits per heavy atom. The smallest absolute Gasteiger partial charge is 0.335 e. The summed E-state index contributed by atoms with van der Waals surface area (Å²) in [6.45, 7) is 4.67. The summed E-state index contributed by atoms with van der Waals surface area (Å²) in [6.07, 6.45) is 1.81. The van der Waals surface area contributed by atoms with Crippen molar-refractivity contribution < 1.29 is 14.3 Å². The molecule has 1 aromatic rings. The van der Waals surface area contributed by atoms with E-state index in [0.717, 1.165) is 17.7 Å². The van der Waals surface area contributed by atoms with Crippen molar-refractivity contribution in [2.45, 2.75) is 39.2 Å². The summed E-state index contributed by atoms with van der Waals surface area (Å²) in [7, 11) is 0. The zero-order chi connectivity index (χ0) is 14.1. The van der Waals surface area contributed by atoms with Crippen LogP contribution in [0, 0.1) is 0 Å². The lowest BCUT2D eigenvalue weighted by Crippen LogP contribution is -2.27. The lowest BCUT2D eigenvalue weighted by Gasteiger charge is -2.16. The van der Waals surface area contributed by atoms with Gasteiger partial charge in [-0.15, -0.1) is 0 Å². The molecule has 0 aromatic heterocycles. The van der Waals surface area contributed by atoms with E-state index in [-0.39, 0.29) is 5.97 Å². The second kappa shape index (κ2) is 8.53. The number of anilines is 1. The first kappa shape index (κ1) is 15.5. The van der Waals surface area contributed by atoms with Gasteiger partial charge in [0.05, 0.1) is 13.2 Å². The first-order valence-electron chi connectivity index (χ1n) is 6.80. The molecule has 0 saturated carbocycles. The lowest BCUT2D eigenvalue weighted by molar-refractivity contribution is -0.157. The highest BCUT2D eigenvalue weighted by atomic mass is 16.6. The van der Waals surface area contributed by atoms with Crippen LogP contribution in [0.25, 0.3) is 0 Å². The zero-order valence-corrected chi connectivity index (χ0v) is 11.7. The van der Waals surface area contributed by atoms with Crippen LogP contribution < -0.4 is 5.73 Å². The topological polar surface area (TPSA) is 61.5 Å². The molecule has 106 valence electrons. The van der Waals surface area contributed by atoms with E-state index in [1.165, 1.54) is 0 Å². The number of para-hydroxylation sites is 1. The molecule has 0 amide bonds. The maximum absolute atomic E-state index is 11.7. The second-order valence-corrected chi connectivity index (χ2v) is 4.35. The van der Waals surface area contributed by atoms with Gasteiger partial charge < -0.3 is 15.2 Å². The maximum Gasteiger partial charge on any atom is 0.335 e. The summed E-state index contributed by atoms with van der Waals surface area (Å²) in [5.41, 5.74) is 7.66. The number of esters is 1. The minimum atomic E-state index is -0.463. The normalized spacial score (nSPS) is 12.1. The quantitative estimate of drug-likeness (QED) is 0.579. The van der Waals surface area contributed by atoms with Gasteiger partial charge in [-0.25, -0.2) is 4.79 Å². The van der Waals surface area contributed by atoms with Crippen LogP contribution in [0.4, 0.5) is 5.69 Å². The van der Waals surface area contributed by atoms with Gasteiger partial charge in [0, 0.05) is 5.69 Å². The van der Waals surface area contributed by atoms with Crippen molar-refractivity contribution >= 4 is 11.7 Å². The van der Waals surface area contributed by atoms with Crippen LogP contribution in [0.2, 0.25) is 0 Å². The summed E-state index contributed by atoms with van der Waals surface area (Å²) in [5.74, 6) is -0.273. The molecule has 0 saturated heterocycles. The first-order valence-corrected chi connectivity index (χ1v) is 6.80. The van der Waals surface area contributed by atoms with Gasteiger partial charge in [0.15, 0.2) is 6.10 Å². The van der Waals surface area contributed by atoms with Crippen LogP contribution in [0.15, 0.2) is 24.3 Å². The number of nitrogens with two attached hydrogens (primary N) is 1. The fourth-order valence-electron chi connectivity index (χ4n) is 1.84. The molecule has 1 unspecified atom stereocenters. The van der Waals surface area contributed by atoms with E-state index in [9.17, 15) is 4.79 Å². The Hall–Kier alpha value is -1.55. The molecular formula is C15H23NO3. The van der Waals surface area contributed by atoms with Crippen molar-refractivity contribution in [1.82, 2.24) is 0 Å². The summed E-state index contributed by atoms with van der Waals surface area (Å²) < 4.78 is 10.6. The number of benzene rings is 1. The van der Waals surface area contributed by atoms with Crippen molar-refractivity contribution in [1.29, 1.82) is 0 Å². The fourth-order valence-corrected chi connectivity index (χ4v) is 1.84. The van der Waals surface area contributed by atoms with E-state index >= 15 is 0 Å². The predicted octanol–water partition coefficient (Wildman–Crippen LogP) is 2.56. The average molecular weight is 265 g/mol. The van der Waals surface area contributed by atoms with Crippen LogP contribution >= 0.6 is 0 Å². The number of nitrogen functional groups attached to an aromatic ring is 1. The Labute approximate surface area is 114 Å². The molecule has 0 bridgehead atoms. The number of hydrogen-bond donors (Lipinski definition) is 1. The lowest BCUT2D eigenvalue weighted by atomic mass is 10.1. The molecule has 0 spiro atoms. The number of carbonyl (C=O) groups is 1. The zero-order valence-electron chi connectivity index (χ0n) is 11.7. The number of hydrogen-bond acceptors (Lipinski definition) is 4. The summed E-state index contributed by atoms with van der Waals surface area (Å²) in [6, 6.07) is 7.68. The summed E-state index contributed by atoms with van der Waals surface area (Å²) >= 11 is 0. The van der Waals surface area contributed by atoms with Crippen molar-refractivity contribution in [3.63, 3.8) is 0 Å². The first-order chi connectivity index (χ1) is 9.19. The average Bonchev–Trinajstić information content (AvgIpc) is 2.40. The van der Waals surface area contributed by atoms with Crippen molar-refractivity contribution in [3.05, 3.63) is 29.8 Å². The van der Waals surface area contributed by atoms with Gasteiger partial charge in [-0.05, 0) is 31.4 Å². The highest BCUT2D eigenvalue weighted by Gasteiger charge is 2.19. The van der Waals surface area contributed by atoms with Crippen LogP contribution in [0.5, 0.6) is 0 Å². The maximum atomic E-state index is 11.7. The van der Waals surface area contributed by atoms with Gasteiger partial charge in [-0.2, -0.15) is 0 Å². The minimum absolute atomic E-state index is 0.273. The Kier molecular flexibility index (Phi) is 6.97. The van der Waals surface area contributed by atoms with Gasteiger partial charge in [-0.1, -0.05) is 31.5 Å². The third-order valence-corrected chi connectivity index (χ3v) is 2.85. The molecule has 1 rings (SSSR count). The third kappa shape index (κ3) is 5.30. The minimum Gasteiger partial charge on any atom is -0.464 e. The Morgan fingerprint density at radius 2 is 2.05 bits per heavy atom. The number of rotatable bonds is 8. The van der Waals surface area contributed by atoms with Gasteiger partial charge in [0.1, 0.15) is 0 Å². The van der Waals surface area contributed by atoms with Crippen molar-refractivity contribution in [2.75, 3.05) is 18.9 Å². The molecule has 4 nitrogen and oxygen atoms in total. The van der Waals surface area contributed by atoms with Crippen LogP contribution in [0.1, 0.15) is 32.3 Å². The number of ether oxygens (including phenoxy) is 2. The molecule has 2 N–H and O–H groups in total. The van der Waals surface area contributed by atoms with Gasteiger partial charge in [0.2, 0.25) is 0 Å². The fraction of sp³-hybridized carbons (Fsp3) is 0.533. The molecule has 0 aliphatic carbocycles. The largest absolute Gasteiger partial charge is 0.464 e. The van der Waals surface area contributed by atoms with Crippen LogP contribution in [0.3, 0.4) is 0 Å².